The predicted octanol–water partition coefficient (Wildman–Crippen LogP) is 2.71. The molecule has 1 aromatic carbocycles. The first-order chi connectivity index (χ1) is 11.4. The Labute approximate surface area is 142 Å². The Kier molecular flexibility index (Phi) is 6.06. The van der Waals surface area contributed by atoms with Crippen molar-refractivity contribution in [3.8, 4) is 11.5 Å². The zero-order valence-corrected chi connectivity index (χ0v) is 14.4. The van der Waals surface area contributed by atoms with Gasteiger partial charge < -0.3 is 19.9 Å². The van der Waals surface area contributed by atoms with Gasteiger partial charge in [-0.2, -0.15) is 0 Å². The quantitative estimate of drug-likeness (QED) is 0.763. The van der Waals surface area contributed by atoms with E-state index in [1.807, 2.05) is 0 Å². The molecule has 0 bridgehead atoms. The van der Waals surface area contributed by atoms with Crippen LogP contribution < -0.4 is 14.8 Å². The molecule has 0 saturated heterocycles. The highest BCUT2D eigenvalue weighted by atomic mass is 16.5. The molecule has 1 amide bonds. The Hall–Kier alpha value is -2.24. The molecule has 0 aromatic heterocycles. The lowest BCUT2D eigenvalue weighted by Gasteiger charge is -2.32. The highest BCUT2D eigenvalue weighted by molar-refractivity contribution is 5.95. The summed E-state index contributed by atoms with van der Waals surface area (Å²) < 4.78 is 11.0. The Bertz CT molecular complexity index is 593. The van der Waals surface area contributed by atoms with Gasteiger partial charge in [-0.15, -0.1) is 0 Å². The molecule has 1 aliphatic rings. The highest BCUT2D eigenvalue weighted by Crippen LogP contribution is 2.30. The van der Waals surface area contributed by atoms with E-state index in [9.17, 15) is 9.59 Å². The lowest BCUT2D eigenvalue weighted by molar-refractivity contribution is -0.145. The van der Waals surface area contributed by atoms with Crippen molar-refractivity contribution in [1.29, 1.82) is 0 Å². The number of hydrogen-bond donors (Lipinski definition) is 2. The molecule has 0 atom stereocenters. The lowest BCUT2D eigenvalue weighted by Crippen LogP contribution is -2.46. The molecule has 0 radical (unpaired) electrons. The minimum Gasteiger partial charge on any atom is -0.493 e. The van der Waals surface area contributed by atoms with Crippen LogP contribution >= 0.6 is 0 Å². The maximum Gasteiger partial charge on any atom is 0.306 e. The number of ether oxygens (including phenoxy) is 2. The molecule has 2 N–H and O–H groups in total. The van der Waals surface area contributed by atoms with E-state index in [0.29, 0.717) is 42.4 Å². The zero-order chi connectivity index (χ0) is 17.7. The molecular weight excluding hydrogens is 310 g/mol. The third-order valence-corrected chi connectivity index (χ3v) is 4.20. The van der Waals surface area contributed by atoms with Gasteiger partial charge in [0.1, 0.15) is 0 Å². The summed E-state index contributed by atoms with van der Waals surface area (Å²) in [5.74, 6) is 0.313. The van der Waals surface area contributed by atoms with E-state index in [1.165, 1.54) is 7.11 Å². The van der Waals surface area contributed by atoms with Gasteiger partial charge in [0, 0.05) is 11.6 Å². The molecule has 6 nitrogen and oxygen atoms in total. The number of carbonyl (C=O) groups excluding carboxylic acids is 1. The number of nitrogens with one attached hydrogen (secondary N) is 1. The number of carboxylic acids is 1. The van der Waals surface area contributed by atoms with Crippen LogP contribution in [-0.4, -0.2) is 36.7 Å². The minimum atomic E-state index is -0.801. The van der Waals surface area contributed by atoms with E-state index < -0.39 is 5.97 Å². The van der Waals surface area contributed by atoms with Gasteiger partial charge in [0.15, 0.2) is 11.5 Å². The van der Waals surface area contributed by atoms with Gasteiger partial charge in [0.05, 0.1) is 19.6 Å². The van der Waals surface area contributed by atoms with Gasteiger partial charge in [-0.3, -0.25) is 9.59 Å². The summed E-state index contributed by atoms with van der Waals surface area (Å²) in [5, 5.41) is 11.7. The number of methoxy groups -OCH3 is 1. The molecule has 2 rings (SSSR count). The summed E-state index contributed by atoms with van der Waals surface area (Å²) in [6.45, 7) is 4.85. The fourth-order valence-corrected chi connectivity index (χ4v) is 2.54. The summed E-state index contributed by atoms with van der Waals surface area (Å²) in [6, 6.07) is 4.99. The van der Waals surface area contributed by atoms with Gasteiger partial charge in [-0.05, 0) is 43.4 Å². The van der Waals surface area contributed by atoms with Gasteiger partial charge >= 0.3 is 5.97 Å². The molecule has 0 heterocycles. The Morgan fingerprint density at radius 1 is 1.29 bits per heavy atom. The lowest BCUT2D eigenvalue weighted by atomic mass is 9.80. The number of carbonyl (C=O) groups is 2. The molecule has 1 aromatic rings. The largest absolute Gasteiger partial charge is 0.493 e. The first-order valence-corrected chi connectivity index (χ1v) is 8.25. The van der Waals surface area contributed by atoms with Gasteiger partial charge in [0.25, 0.3) is 5.91 Å². The summed E-state index contributed by atoms with van der Waals surface area (Å²) in [4.78, 5) is 23.0. The maximum absolute atomic E-state index is 12.3. The number of benzene rings is 1. The van der Waals surface area contributed by atoms with Crippen molar-refractivity contribution in [3.63, 3.8) is 0 Å². The molecule has 0 aliphatic heterocycles. The van der Waals surface area contributed by atoms with Gasteiger partial charge in [0.2, 0.25) is 0 Å². The van der Waals surface area contributed by atoms with E-state index in [4.69, 9.17) is 14.6 Å². The predicted molar refractivity (Wildman–Crippen MR) is 89.6 cm³/mol. The molecule has 24 heavy (non-hydrogen) atoms. The summed E-state index contributed by atoms with van der Waals surface area (Å²) in [7, 11) is 1.54. The second kappa shape index (κ2) is 8.04. The van der Waals surface area contributed by atoms with Crippen molar-refractivity contribution < 1.29 is 24.2 Å². The second-order valence-electron chi connectivity index (χ2n) is 6.57. The van der Waals surface area contributed by atoms with E-state index in [2.05, 4.69) is 19.2 Å². The van der Waals surface area contributed by atoms with Crippen molar-refractivity contribution in [2.75, 3.05) is 13.7 Å². The average Bonchev–Trinajstić information content (AvgIpc) is 2.49. The molecule has 1 saturated carbocycles. The highest BCUT2D eigenvalue weighted by Gasteiger charge is 2.35. The van der Waals surface area contributed by atoms with E-state index in [0.717, 1.165) is 6.42 Å². The van der Waals surface area contributed by atoms with Crippen LogP contribution in [-0.2, 0) is 4.79 Å². The van der Waals surface area contributed by atoms with Gasteiger partial charge in [-0.25, -0.2) is 0 Å². The topological polar surface area (TPSA) is 84.9 Å². The molecular formula is C18H25NO5. The third-order valence-electron chi connectivity index (χ3n) is 4.20. The third kappa shape index (κ3) is 4.63. The molecule has 0 spiro atoms. The Morgan fingerprint density at radius 3 is 2.58 bits per heavy atom. The number of aliphatic carboxylic acids is 1. The monoisotopic (exact) mass is 335 g/mol. The molecule has 1 fully saturated rings. The fourth-order valence-electron chi connectivity index (χ4n) is 2.54. The zero-order valence-electron chi connectivity index (χ0n) is 14.4. The summed E-state index contributed by atoms with van der Waals surface area (Å²) in [5.41, 5.74) is 0.474. The Balaban J connectivity index is 1.93. The average molecular weight is 335 g/mol. The van der Waals surface area contributed by atoms with Crippen molar-refractivity contribution in [3.05, 3.63) is 23.8 Å². The number of amides is 1. The number of hydrogen-bond acceptors (Lipinski definition) is 4. The second-order valence-corrected chi connectivity index (χ2v) is 6.57. The molecule has 6 heteroatoms. The first-order valence-electron chi connectivity index (χ1n) is 8.25. The van der Waals surface area contributed by atoms with Crippen LogP contribution in [0.3, 0.4) is 0 Å². The van der Waals surface area contributed by atoms with Crippen LogP contribution in [0.25, 0.3) is 0 Å². The van der Waals surface area contributed by atoms with Crippen molar-refractivity contribution in [2.24, 2.45) is 11.8 Å². The Morgan fingerprint density at radius 2 is 2.00 bits per heavy atom. The van der Waals surface area contributed by atoms with Crippen LogP contribution in [0.15, 0.2) is 18.2 Å². The maximum atomic E-state index is 12.3. The molecule has 0 unspecified atom stereocenters. The van der Waals surface area contributed by atoms with Crippen molar-refractivity contribution >= 4 is 11.9 Å². The van der Waals surface area contributed by atoms with E-state index in [1.54, 1.807) is 18.2 Å². The van der Waals surface area contributed by atoms with Crippen LogP contribution in [0.1, 0.15) is 43.5 Å². The number of rotatable bonds is 8. The molecule has 1 aliphatic carbocycles. The standard InChI is InChI=1S/C18H25NO5/c1-11(2)6-7-24-15-5-4-12(10-16(15)23-3)17(20)19-14-8-13(9-14)18(21)22/h4-5,10-11,13-14H,6-9H2,1-3H3,(H,19,20)(H,21,22). The van der Waals surface area contributed by atoms with Crippen LogP contribution in [0.2, 0.25) is 0 Å². The van der Waals surface area contributed by atoms with Crippen molar-refractivity contribution in [2.45, 2.75) is 39.2 Å². The molecule has 132 valence electrons. The summed E-state index contributed by atoms with van der Waals surface area (Å²) >= 11 is 0. The SMILES string of the molecule is COc1cc(C(=O)NC2CC(C(=O)O)C2)ccc1OCCC(C)C. The normalized spacial score (nSPS) is 19.5. The van der Waals surface area contributed by atoms with Crippen LogP contribution in [0.4, 0.5) is 0 Å². The minimum absolute atomic E-state index is 0.0773. The van der Waals surface area contributed by atoms with E-state index >= 15 is 0 Å². The van der Waals surface area contributed by atoms with Crippen LogP contribution in [0.5, 0.6) is 11.5 Å². The van der Waals surface area contributed by atoms with Crippen molar-refractivity contribution in [1.82, 2.24) is 5.32 Å². The number of carboxylic acid groups (broad SMARTS) is 1. The smallest absolute Gasteiger partial charge is 0.306 e. The van der Waals surface area contributed by atoms with Crippen LogP contribution in [0, 0.1) is 11.8 Å². The van der Waals surface area contributed by atoms with Gasteiger partial charge in [-0.1, -0.05) is 13.8 Å². The van der Waals surface area contributed by atoms with E-state index in [-0.39, 0.29) is 17.9 Å². The summed E-state index contributed by atoms with van der Waals surface area (Å²) in [6.07, 6.45) is 1.90. The first kappa shape index (κ1) is 18.1. The fraction of sp³-hybridized carbons (Fsp3) is 0.556.